The lowest BCUT2D eigenvalue weighted by atomic mass is 10.1. The first-order valence-corrected chi connectivity index (χ1v) is 9.08. The second-order valence-electron chi connectivity index (χ2n) is 6.89. The monoisotopic (exact) mass is 407 g/mol. The number of anilines is 1. The summed E-state index contributed by atoms with van der Waals surface area (Å²) in [4.78, 5) is 31.3. The molecule has 2 aromatic heterocycles. The Morgan fingerprint density at radius 3 is 2.03 bits per heavy atom. The van der Waals surface area contributed by atoms with Gasteiger partial charge in [-0.15, -0.1) is 0 Å². The number of aromatic nitrogens is 3. The molecule has 0 aliphatic heterocycles. The van der Waals surface area contributed by atoms with Crippen molar-refractivity contribution in [2.24, 2.45) is 5.10 Å². The number of benzene rings is 1. The Morgan fingerprint density at radius 2 is 1.50 bits per heavy atom. The molecule has 0 saturated heterocycles. The predicted octanol–water partition coefficient (Wildman–Crippen LogP) is 3.34. The Balaban J connectivity index is 1.96. The highest BCUT2D eigenvalue weighted by Crippen LogP contribution is 2.22. The van der Waals surface area contributed by atoms with Crippen molar-refractivity contribution in [3.05, 3.63) is 69.8 Å². The molecule has 0 unspecified atom stereocenters. The van der Waals surface area contributed by atoms with Crippen molar-refractivity contribution in [1.29, 1.82) is 0 Å². The average Bonchev–Trinajstić information content (AvgIpc) is 2.94. The zero-order valence-electron chi connectivity index (χ0n) is 17.0. The number of carboxylic acids is 2. The Kier molecular flexibility index (Phi) is 5.63. The second kappa shape index (κ2) is 8.16. The molecule has 0 aliphatic rings. The van der Waals surface area contributed by atoms with Gasteiger partial charge in [0.15, 0.2) is 0 Å². The SMILES string of the molecule is Cc1cc(C)nc(N/N=C/c2cc(C)n(-c3cc(C(=O)O)cc(C(=O)O)c3)c2C)n1. The summed E-state index contributed by atoms with van der Waals surface area (Å²) in [6.07, 6.45) is 1.61. The van der Waals surface area contributed by atoms with Gasteiger partial charge in [0.2, 0.25) is 5.95 Å². The fourth-order valence-electron chi connectivity index (χ4n) is 3.24. The van der Waals surface area contributed by atoms with Gasteiger partial charge < -0.3 is 14.8 Å². The number of hydrazone groups is 1. The summed E-state index contributed by atoms with van der Waals surface area (Å²) in [6, 6.07) is 7.75. The molecular weight excluding hydrogens is 386 g/mol. The highest BCUT2D eigenvalue weighted by molar-refractivity contribution is 5.95. The lowest BCUT2D eigenvalue weighted by Gasteiger charge is -2.12. The van der Waals surface area contributed by atoms with Crippen LogP contribution in [0.3, 0.4) is 0 Å². The molecule has 0 bridgehead atoms. The van der Waals surface area contributed by atoms with Crippen molar-refractivity contribution < 1.29 is 19.8 Å². The highest BCUT2D eigenvalue weighted by atomic mass is 16.4. The number of carbonyl (C=O) groups is 2. The summed E-state index contributed by atoms with van der Waals surface area (Å²) in [7, 11) is 0. The van der Waals surface area contributed by atoms with E-state index in [9.17, 15) is 19.8 Å². The Hall–Kier alpha value is -4.01. The molecule has 154 valence electrons. The van der Waals surface area contributed by atoms with Crippen molar-refractivity contribution in [2.45, 2.75) is 27.7 Å². The number of aromatic carboxylic acids is 2. The first-order valence-electron chi connectivity index (χ1n) is 9.08. The van der Waals surface area contributed by atoms with Gasteiger partial charge in [0, 0.05) is 34.0 Å². The fourth-order valence-corrected chi connectivity index (χ4v) is 3.24. The van der Waals surface area contributed by atoms with Crippen LogP contribution >= 0.6 is 0 Å². The zero-order chi connectivity index (χ0) is 22.0. The third-order valence-corrected chi connectivity index (χ3v) is 4.49. The van der Waals surface area contributed by atoms with E-state index in [1.807, 2.05) is 39.8 Å². The third-order valence-electron chi connectivity index (χ3n) is 4.49. The van der Waals surface area contributed by atoms with Crippen molar-refractivity contribution in [3.8, 4) is 5.69 Å². The number of nitrogens with zero attached hydrogens (tertiary/aromatic N) is 4. The van der Waals surface area contributed by atoms with E-state index < -0.39 is 11.9 Å². The Labute approximate surface area is 172 Å². The van der Waals surface area contributed by atoms with Crippen LogP contribution in [-0.4, -0.2) is 42.9 Å². The van der Waals surface area contributed by atoms with Crippen LogP contribution in [0.5, 0.6) is 0 Å². The molecule has 0 spiro atoms. The van der Waals surface area contributed by atoms with Crippen LogP contribution in [0.2, 0.25) is 0 Å². The normalized spacial score (nSPS) is 11.1. The molecular formula is C21H21N5O4. The minimum atomic E-state index is -1.19. The summed E-state index contributed by atoms with van der Waals surface area (Å²) >= 11 is 0. The molecule has 9 heteroatoms. The van der Waals surface area contributed by atoms with Crippen LogP contribution in [0.25, 0.3) is 5.69 Å². The molecule has 1 aromatic carbocycles. The number of aryl methyl sites for hydroxylation is 3. The van der Waals surface area contributed by atoms with Gasteiger partial charge in [0.25, 0.3) is 0 Å². The number of rotatable bonds is 6. The molecule has 0 amide bonds. The van der Waals surface area contributed by atoms with Crippen LogP contribution in [0.4, 0.5) is 5.95 Å². The standard InChI is InChI=1S/C21H21N5O4/c1-11-5-12(2)24-21(23-11)25-22-10-17-6-13(3)26(14(17)4)18-8-15(19(27)28)7-16(9-18)20(29)30/h5-10H,1-4H3,(H,27,28)(H,29,30)(H,23,24,25)/b22-10+. The molecule has 30 heavy (non-hydrogen) atoms. The smallest absolute Gasteiger partial charge is 0.335 e. The summed E-state index contributed by atoms with van der Waals surface area (Å²) in [6.45, 7) is 7.43. The minimum Gasteiger partial charge on any atom is -0.478 e. The Bertz CT molecular complexity index is 1130. The first kappa shape index (κ1) is 20.7. The Morgan fingerprint density at radius 1 is 0.933 bits per heavy atom. The summed E-state index contributed by atoms with van der Waals surface area (Å²) in [5.74, 6) is -2.00. The maximum absolute atomic E-state index is 11.4. The van der Waals surface area contributed by atoms with Crippen LogP contribution in [0.1, 0.15) is 49.1 Å². The van der Waals surface area contributed by atoms with Gasteiger partial charge in [-0.25, -0.2) is 25.0 Å². The van der Waals surface area contributed by atoms with E-state index in [0.717, 1.165) is 34.4 Å². The highest BCUT2D eigenvalue weighted by Gasteiger charge is 2.16. The maximum Gasteiger partial charge on any atom is 0.335 e. The number of hydrogen-bond acceptors (Lipinski definition) is 6. The second-order valence-corrected chi connectivity index (χ2v) is 6.89. The third kappa shape index (κ3) is 4.35. The van der Waals surface area contributed by atoms with E-state index in [1.54, 1.807) is 10.8 Å². The van der Waals surface area contributed by atoms with Crippen molar-refractivity contribution in [1.82, 2.24) is 14.5 Å². The molecule has 3 N–H and O–H groups in total. The van der Waals surface area contributed by atoms with Crippen molar-refractivity contribution in [2.75, 3.05) is 5.43 Å². The maximum atomic E-state index is 11.4. The average molecular weight is 407 g/mol. The van der Waals surface area contributed by atoms with Gasteiger partial charge in [-0.1, -0.05) is 0 Å². The molecule has 0 atom stereocenters. The van der Waals surface area contributed by atoms with E-state index in [4.69, 9.17) is 0 Å². The molecule has 9 nitrogen and oxygen atoms in total. The summed E-state index contributed by atoms with van der Waals surface area (Å²) in [5.41, 5.74) is 7.07. The van der Waals surface area contributed by atoms with E-state index in [0.29, 0.717) is 11.6 Å². The van der Waals surface area contributed by atoms with E-state index in [-0.39, 0.29) is 11.1 Å². The van der Waals surface area contributed by atoms with Gasteiger partial charge in [-0.2, -0.15) is 5.10 Å². The molecule has 3 aromatic rings. The van der Waals surface area contributed by atoms with Crippen LogP contribution in [0, 0.1) is 27.7 Å². The fraction of sp³-hybridized carbons (Fsp3) is 0.190. The van der Waals surface area contributed by atoms with E-state index >= 15 is 0 Å². The quantitative estimate of drug-likeness (QED) is 0.422. The van der Waals surface area contributed by atoms with Crippen molar-refractivity contribution in [3.63, 3.8) is 0 Å². The predicted molar refractivity (Wildman–Crippen MR) is 112 cm³/mol. The molecule has 2 heterocycles. The number of hydrogen-bond donors (Lipinski definition) is 3. The van der Waals surface area contributed by atoms with Crippen molar-refractivity contribution >= 4 is 24.1 Å². The summed E-state index contributed by atoms with van der Waals surface area (Å²) < 4.78 is 1.79. The minimum absolute atomic E-state index is 0.0961. The van der Waals surface area contributed by atoms with Gasteiger partial charge in [0.1, 0.15) is 0 Å². The molecule has 0 fully saturated rings. The molecule has 0 aliphatic carbocycles. The summed E-state index contributed by atoms with van der Waals surface area (Å²) in [5, 5.41) is 22.8. The van der Waals surface area contributed by atoms with Crippen LogP contribution in [0.15, 0.2) is 35.4 Å². The number of nitrogens with one attached hydrogen (secondary N) is 1. The van der Waals surface area contributed by atoms with Gasteiger partial charge in [-0.05, 0) is 58.0 Å². The van der Waals surface area contributed by atoms with Gasteiger partial charge in [0.05, 0.1) is 17.3 Å². The molecule has 0 saturated carbocycles. The topological polar surface area (TPSA) is 130 Å². The number of carboxylic acid groups (broad SMARTS) is 2. The lowest BCUT2D eigenvalue weighted by molar-refractivity contribution is 0.0696. The first-order chi connectivity index (χ1) is 14.2. The van der Waals surface area contributed by atoms with Gasteiger partial charge >= 0.3 is 11.9 Å². The largest absolute Gasteiger partial charge is 0.478 e. The molecule has 3 rings (SSSR count). The van der Waals surface area contributed by atoms with Crippen LogP contribution < -0.4 is 5.43 Å². The lowest BCUT2D eigenvalue weighted by Crippen LogP contribution is -2.07. The zero-order valence-corrected chi connectivity index (χ0v) is 17.0. The molecule has 0 radical (unpaired) electrons. The van der Waals surface area contributed by atoms with E-state index in [1.165, 1.54) is 12.1 Å². The van der Waals surface area contributed by atoms with E-state index in [2.05, 4.69) is 20.5 Å². The van der Waals surface area contributed by atoms with Crippen LogP contribution in [-0.2, 0) is 0 Å². The van der Waals surface area contributed by atoms with Gasteiger partial charge in [-0.3, -0.25) is 0 Å².